The standard InChI is InChI=1S/C13H19BrN2/c1-4-8-16(5-2)13-7-6-11(10(3)15)9-12(13)14/h4,6-7,9-10H,1,5,8,15H2,2-3H3/t10-/m1/s1. The Morgan fingerprint density at radius 1 is 1.56 bits per heavy atom. The lowest BCUT2D eigenvalue weighted by Crippen LogP contribution is -2.23. The molecular weight excluding hydrogens is 264 g/mol. The second-order valence-electron chi connectivity index (χ2n) is 3.83. The van der Waals surface area contributed by atoms with E-state index in [0.29, 0.717) is 0 Å². The molecule has 0 fully saturated rings. The van der Waals surface area contributed by atoms with E-state index in [0.717, 1.165) is 23.1 Å². The molecule has 1 atom stereocenters. The van der Waals surface area contributed by atoms with E-state index in [1.165, 1.54) is 5.69 Å². The molecule has 0 radical (unpaired) electrons. The summed E-state index contributed by atoms with van der Waals surface area (Å²) >= 11 is 3.60. The van der Waals surface area contributed by atoms with Gasteiger partial charge in [0.25, 0.3) is 0 Å². The number of rotatable bonds is 5. The Bertz CT molecular complexity index is 361. The molecule has 88 valence electrons. The highest BCUT2D eigenvalue weighted by molar-refractivity contribution is 9.10. The molecule has 0 aromatic heterocycles. The lowest BCUT2D eigenvalue weighted by atomic mass is 10.1. The summed E-state index contributed by atoms with van der Waals surface area (Å²) in [6.07, 6.45) is 1.91. The van der Waals surface area contributed by atoms with Crippen molar-refractivity contribution in [1.29, 1.82) is 0 Å². The van der Waals surface area contributed by atoms with Crippen molar-refractivity contribution in [3.05, 3.63) is 40.9 Å². The van der Waals surface area contributed by atoms with E-state index in [2.05, 4.69) is 52.5 Å². The molecule has 0 bridgehead atoms. The van der Waals surface area contributed by atoms with Gasteiger partial charge in [0.05, 0.1) is 5.69 Å². The van der Waals surface area contributed by atoms with Gasteiger partial charge in [0.2, 0.25) is 0 Å². The number of benzene rings is 1. The molecule has 0 aliphatic rings. The summed E-state index contributed by atoms with van der Waals surface area (Å²) < 4.78 is 1.09. The monoisotopic (exact) mass is 282 g/mol. The summed E-state index contributed by atoms with van der Waals surface area (Å²) in [5.41, 5.74) is 8.18. The summed E-state index contributed by atoms with van der Waals surface area (Å²) in [6.45, 7) is 9.71. The topological polar surface area (TPSA) is 29.3 Å². The van der Waals surface area contributed by atoms with Gasteiger partial charge in [-0.15, -0.1) is 6.58 Å². The van der Waals surface area contributed by atoms with Gasteiger partial charge < -0.3 is 10.6 Å². The van der Waals surface area contributed by atoms with Gasteiger partial charge in [-0.05, 0) is 47.5 Å². The fraction of sp³-hybridized carbons (Fsp3) is 0.385. The smallest absolute Gasteiger partial charge is 0.0513 e. The first-order chi connectivity index (χ1) is 7.60. The van der Waals surface area contributed by atoms with Crippen molar-refractivity contribution in [1.82, 2.24) is 0 Å². The average Bonchev–Trinajstić information content (AvgIpc) is 2.26. The number of likely N-dealkylation sites (N-methyl/N-ethyl adjacent to an activating group) is 1. The number of nitrogens with zero attached hydrogens (tertiary/aromatic N) is 1. The summed E-state index contributed by atoms with van der Waals surface area (Å²) in [4.78, 5) is 2.25. The summed E-state index contributed by atoms with van der Waals surface area (Å²) in [5.74, 6) is 0. The first kappa shape index (κ1) is 13.3. The number of anilines is 1. The van der Waals surface area contributed by atoms with Gasteiger partial charge in [0.15, 0.2) is 0 Å². The first-order valence-corrected chi connectivity index (χ1v) is 6.30. The van der Waals surface area contributed by atoms with E-state index < -0.39 is 0 Å². The maximum absolute atomic E-state index is 5.85. The minimum absolute atomic E-state index is 0.0693. The van der Waals surface area contributed by atoms with E-state index in [-0.39, 0.29) is 6.04 Å². The number of halogens is 1. The molecule has 0 unspecified atom stereocenters. The van der Waals surface area contributed by atoms with Crippen molar-refractivity contribution in [2.75, 3.05) is 18.0 Å². The van der Waals surface area contributed by atoms with Crippen LogP contribution < -0.4 is 10.6 Å². The SMILES string of the molecule is C=CCN(CC)c1ccc([C@@H](C)N)cc1Br. The predicted octanol–water partition coefficient (Wildman–Crippen LogP) is 3.48. The van der Waals surface area contributed by atoms with Crippen LogP contribution in [0.25, 0.3) is 0 Å². The van der Waals surface area contributed by atoms with Crippen LogP contribution in [0.15, 0.2) is 35.3 Å². The Kier molecular flexibility index (Phi) is 5.03. The van der Waals surface area contributed by atoms with Crippen LogP contribution in [0.1, 0.15) is 25.5 Å². The van der Waals surface area contributed by atoms with Crippen LogP contribution in [0.2, 0.25) is 0 Å². The van der Waals surface area contributed by atoms with Crippen LogP contribution in [0, 0.1) is 0 Å². The first-order valence-electron chi connectivity index (χ1n) is 5.51. The third-order valence-electron chi connectivity index (χ3n) is 2.57. The maximum Gasteiger partial charge on any atom is 0.0513 e. The molecule has 2 N–H and O–H groups in total. The predicted molar refractivity (Wildman–Crippen MR) is 74.8 cm³/mol. The zero-order valence-corrected chi connectivity index (χ0v) is 11.5. The quantitative estimate of drug-likeness (QED) is 0.838. The van der Waals surface area contributed by atoms with Gasteiger partial charge in [0.1, 0.15) is 0 Å². The Balaban J connectivity index is 3.01. The zero-order valence-electron chi connectivity index (χ0n) is 9.91. The highest BCUT2D eigenvalue weighted by atomic mass is 79.9. The minimum atomic E-state index is 0.0693. The highest BCUT2D eigenvalue weighted by Crippen LogP contribution is 2.28. The zero-order chi connectivity index (χ0) is 12.1. The van der Waals surface area contributed by atoms with Crippen molar-refractivity contribution in [3.63, 3.8) is 0 Å². The molecule has 0 spiro atoms. The molecule has 0 aliphatic heterocycles. The van der Waals surface area contributed by atoms with Gasteiger partial charge >= 0.3 is 0 Å². The lowest BCUT2D eigenvalue weighted by molar-refractivity contribution is 0.815. The van der Waals surface area contributed by atoms with E-state index in [4.69, 9.17) is 5.73 Å². The normalized spacial score (nSPS) is 12.2. The minimum Gasteiger partial charge on any atom is -0.367 e. The highest BCUT2D eigenvalue weighted by Gasteiger charge is 2.08. The third-order valence-corrected chi connectivity index (χ3v) is 3.20. The van der Waals surface area contributed by atoms with E-state index in [9.17, 15) is 0 Å². The van der Waals surface area contributed by atoms with Gasteiger partial charge in [-0.25, -0.2) is 0 Å². The van der Waals surface area contributed by atoms with Crippen molar-refractivity contribution < 1.29 is 0 Å². The van der Waals surface area contributed by atoms with Crippen molar-refractivity contribution >= 4 is 21.6 Å². The fourth-order valence-corrected chi connectivity index (χ4v) is 2.26. The number of hydrogen-bond donors (Lipinski definition) is 1. The Hall–Kier alpha value is -0.800. The molecular formula is C13H19BrN2. The van der Waals surface area contributed by atoms with Crippen LogP contribution in [0.3, 0.4) is 0 Å². The van der Waals surface area contributed by atoms with E-state index in [1.54, 1.807) is 0 Å². The van der Waals surface area contributed by atoms with Crippen molar-refractivity contribution in [2.24, 2.45) is 5.73 Å². The van der Waals surface area contributed by atoms with Crippen LogP contribution in [0.4, 0.5) is 5.69 Å². The van der Waals surface area contributed by atoms with Gasteiger partial charge in [-0.1, -0.05) is 12.1 Å². The second-order valence-corrected chi connectivity index (χ2v) is 4.68. The fourth-order valence-electron chi connectivity index (χ4n) is 1.62. The Labute approximate surface area is 106 Å². The van der Waals surface area contributed by atoms with E-state index >= 15 is 0 Å². The molecule has 0 amide bonds. The van der Waals surface area contributed by atoms with Gasteiger partial charge in [0, 0.05) is 23.6 Å². The second kappa shape index (κ2) is 6.06. The lowest BCUT2D eigenvalue weighted by Gasteiger charge is -2.23. The van der Waals surface area contributed by atoms with Crippen LogP contribution in [-0.4, -0.2) is 13.1 Å². The van der Waals surface area contributed by atoms with Crippen LogP contribution in [-0.2, 0) is 0 Å². The van der Waals surface area contributed by atoms with Crippen LogP contribution in [0.5, 0.6) is 0 Å². The number of hydrogen-bond acceptors (Lipinski definition) is 2. The van der Waals surface area contributed by atoms with Gasteiger partial charge in [-0.2, -0.15) is 0 Å². The van der Waals surface area contributed by atoms with Crippen LogP contribution >= 0.6 is 15.9 Å². The molecule has 0 saturated heterocycles. The molecule has 1 aromatic carbocycles. The summed E-state index contributed by atoms with van der Waals surface area (Å²) in [6, 6.07) is 6.35. The maximum atomic E-state index is 5.85. The Morgan fingerprint density at radius 3 is 2.69 bits per heavy atom. The average molecular weight is 283 g/mol. The van der Waals surface area contributed by atoms with Crippen molar-refractivity contribution in [2.45, 2.75) is 19.9 Å². The largest absolute Gasteiger partial charge is 0.367 e. The summed E-state index contributed by atoms with van der Waals surface area (Å²) in [7, 11) is 0. The number of nitrogens with two attached hydrogens (primary N) is 1. The molecule has 16 heavy (non-hydrogen) atoms. The molecule has 0 heterocycles. The van der Waals surface area contributed by atoms with E-state index in [1.807, 2.05) is 13.0 Å². The summed E-state index contributed by atoms with van der Waals surface area (Å²) in [5, 5.41) is 0. The Morgan fingerprint density at radius 2 is 2.25 bits per heavy atom. The van der Waals surface area contributed by atoms with Gasteiger partial charge in [-0.3, -0.25) is 0 Å². The van der Waals surface area contributed by atoms with Crippen molar-refractivity contribution in [3.8, 4) is 0 Å². The molecule has 1 rings (SSSR count). The molecule has 2 nitrogen and oxygen atoms in total. The molecule has 0 aliphatic carbocycles. The molecule has 0 saturated carbocycles. The third kappa shape index (κ3) is 3.09. The molecule has 1 aromatic rings. The molecule has 3 heteroatoms.